The zero-order chi connectivity index (χ0) is 13.8. The van der Waals surface area contributed by atoms with Gasteiger partial charge in [-0.2, -0.15) is 0 Å². The van der Waals surface area contributed by atoms with Gasteiger partial charge in [-0.3, -0.25) is 19.7 Å². The van der Waals surface area contributed by atoms with Crippen LogP contribution < -0.4 is 10.6 Å². The second kappa shape index (κ2) is 5.79. The van der Waals surface area contributed by atoms with Gasteiger partial charge in [0.1, 0.15) is 6.04 Å². The van der Waals surface area contributed by atoms with Gasteiger partial charge >= 0.3 is 5.00 Å². The average molecular weight is 283 g/mol. The molecule has 19 heavy (non-hydrogen) atoms. The number of carbonyl (C=O) groups excluding carboxylic acids is 2. The summed E-state index contributed by atoms with van der Waals surface area (Å²) in [4.78, 5) is 33.6. The lowest BCUT2D eigenvalue weighted by Crippen LogP contribution is -2.45. The Morgan fingerprint density at radius 2 is 2.32 bits per heavy atom. The van der Waals surface area contributed by atoms with E-state index in [1.807, 2.05) is 0 Å². The molecule has 1 unspecified atom stereocenters. The van der Waals surface area contributed by atoms with Crippen LogP contribution in [-0.2, 0) is 4.79 Å². The van der Waals surface area contributed by atoms with Crippen LogP contribution in [0.5, 0.6) is 0 Å². The van der Waals surface area contributed by atoms with Crippen molar-refractivity contribution in [3.05, 3.63) is 27.1 Å². The highest BCUT2D eigenvalue weighted by molar-refractivity contribution is 7.13. The van der Waals surface area contributed by atoms with Crippen molar-refractivity contribution in [2.24, 2.45) is 0 Å². The molecule has 8 heteroatoms. The molecule has 2 N–H and O–H groups in total. The Morgan fingerprint density at radius 3 is 3.00 bits per heavy atom. The summed E-state index contributed by atoms with van der Waals surface area (Å²) >= 11 is 0.892. The monoisotopic (exact) mass is 283 g/mol. The summed E-state index contributed by atoms with van der Waals surface area (Å²) in [6, 6.07) is 0.656. The first-order valence-corrected chi connectivity index (χ1v) is 6.77. The lowest BCUT2D eigenvalue weighted by atomic mass is 10.1. The number of nitrogens with zero attached hydrogens (tertiary/aromatic N) is 1. The van der Waals surface area contributed by atoms with Gasteiger partial charge in [0, 0.05) is 18.0 Å². The SMILES string of the molecule is O=C(NC1CCCCNC1=O)c1csc([N+](=O)[O-])c1. The molecular formula is C11H13N3O4S. The molecule has 1 saturated heterocycles. The van der Waals surface area contributed by atoms with E-state index in [-0.39, 0.29) is 16.5 Å². The maximum absolute atomic E-state index is 11.9. The molecule has 0 bridgehead atoms. The maximum Gasteiger partial charge on any atom is 0.324 e. The Morgan fingerprint density at radius 1 is 1.53 bits per heavy atom. The Bertz CT molecular complexity index is 514. The molecule has 7 nitrogen and oxygen atoms in total. The predicted molar refractivity (Wildman–Crippen MR) is 69.1 cm³/mol. The second-order valence-electron chi connectivity index (χ2n) is 4.24. The van der Waals surface area contributed by atoms with Crippen LogP contribution in [0.1, 0.15) is 29.6 Å². The number of thiophene rings is 1. The van der Waals surface area contributed by atoms with Crippen LogP contribution >= 0.6 is 11.3 Å². The molecule has 1 fully saturated rings. The fourth-order valence-corrected chi connectivity index (χ4v) is 2.56. The molecule has 2 amide bonds. The quantitative estimate of drug-likeness (QED) is 0.639. The molecule has 1 atom stereocenters. The van der Waals surface area contributed by atoms with Gasteiger partial charge < -0.3 is 10.6 Å². The molecule has 1 aromatic heterocycles. The largest absolute Gasteiger partial charge is 0.354 e. The van der Waals surface area contributed by atoms with Crippen molar-refractivity contribution < 1.29 is 14.5 Å². The molecule has 1 aromatic rings. The fraction of sp³-hybridized carbons (Fsp3) is 0.455. The van der Waals surface area contributed by atoms with Crippen LogP contribution in [-0.4, -0.2) is 29.3 Å². The summed E-state index contributed by atoms with van der Waals surface area (Å²) in [6.45, 7) is 0.620. The van der Waals surface area contributed by atoms with Gasteiger partial charge in [0.25, 0.3) is 5.91 Å². The van der Waals surface area contributed by atoms with E-state index in [9.17, 15) is 19.7 Å². The topological polar surface area (TPSA) is 101 Å². The normalized spacial score (nSPS) is 19.4. The van der Waals surface area contributed by atoms with Gasteiger partial charge in [-0.05, 0) is 19.3 Å². The first kappa shape index (κ1) is 13.5. The molecular weight excluding hydrogens is 270 g/mol. The van der Waals surface area contributed by atoms with E-state index in [1.165, 1.54) is 11.4 Å². The van der Waals surface area contributed by atoms with E-state index in [0.29, 0.717) is 13.0 Å². The van der Waals surface area contributed by atoms with E-state index < -0.39 is 16.9 Å². The third-order valence-electron chi connectivity index (χ3n) is 2.87. The second-order valence-corrected chi connectivity index (χ2v) is 5.13. The molecule has 0 saturated carbocycles. The minimum absolute atomic E-state index is 0.0875. The highest BCUT2D eigenvalue weighted by atomic mass is 32.1. The van der Waals surface area contributed by atoms with Gasteiger partial charge in [-0.1, -0.05) is 11.3 Å². The number of hydrogen-bond donors (Lipinski definition) is 2. The molecule has 1 aliphatic heterocycles. The number of rotatable bonds is 3. The van der Waals surface area contributed by atoms with E-state index in [2.05, 4.69) is 10.6 Å². The molecule has 1 aliphatic rings. The van der Waals surface area contributed by atoms with Gasteiger partial charge in [0.2, 0.25) is 5.91 Å². The lowest BCUT2D eigenvalue weighted by Gasteiger charge is -2.14. The van der Waals surface area contributed by atoms with Crippen LogP contribution in [0.3, 0.4) is 0 Å². The third-order valence-corrected chi connectivity index (χ3v) is 3.75. The van der Waals surface area contributed by atoms with Crippen molar-refractivity contribution in [3.63, 3.8) is 0 Å². The molecule has 102 valence electrons. The van der Waals surface area contributed by atoms with Crippen molar-refractivity contribution in [2.45, 2.75) is 25.3 Å². The van der Waals surface area contributed by atoms with Crippen LogP contribution in [0.15, 0.2) is 11.4 Å². The van der Waals surface area contributed by atoms with Gasteiger partial charge in [0.05, 0.1) is 10.5 Å². The predicted octanol–water partition coefficient (Wildman–Crippen LogP) is 1.05. The Labute approximate surface area is 113 Å². The number of hydrogen-bond acceptors (Lipinski definition) is 5. The standard InChI is InChI=1S/C11H13N3O4S/c15-10(7-5-9(14(17)18)19-6-7)13-8-3-1-2-4-12-11(8)16/h5-6,8H,1-4H2,(H,12,16)(H,13,15). The van der Waals surface area contributed by atoms with E-state index in [4.69, 9.17) is 0 Å². The molecule has 2 rings (SSSR count). The van der Waals surface area contributed by atoms with E-state index in [1.54, 1.807) is 0 Å². The van der Waals surface area contributed by atoms with Crippen LogP contribution in [0.4, 0.5) is 5.00 Å². The lowest BCUT2D eigenvalue weighted by molar-refractivity contribution is -0.380. The highest BCUT2D eigenvalue weighted by Crippen LogP contribution is 2.22. The Balaban J connectivity index is 2.02. The summed E-state index contributed by atoms with van der Waals surface area (Å²) in [7, 11) is 0. The summed E-state index contributed by atoms with van der Waals surface area (Å²) in [6.07, 6.45) is 2.33. The zero-order valence-corrected chi connectivity index (χ0v) is 10.9. The van der Waals surface area contributed by atoms with E-state index in [0.717, 1.165) is 24.2 Å². The van der Waals surface area contributed by atoms with Crippen molar-refractivity contribution in [1.82, 2.24) is 10.6 Å². The maximum atomic E-state index is 11.9. The fourth-order valence-electron chi connectivity index (χ4n) is 1.86. The highest BCUT2D eigenvalue weighted by Gasteiger charge is 2.24. The number of nitro groups is 1. The molecule has 0 aliphatic carbocycles. The minimum Gasteiger partial charge on any atom is -0.354 e. The molecule has 2 heterocycles. The van der Waals surface area contributed by atoms with Crippen molar-refractivity contribution in [3.8, 4) is 0 Å². The molecule has 0 radical (unpaired) electrons. The number of amides is 2. The van der Waals surface area contributed by atoms with Gasteiger partial charge in [-0.15, -0.1) is 0 Å². The Kier molecular flexibility index (Phi) is 4.10. The van der Waals surface area contributed by atoms with Crippen LogP contribution in [0, 0.1) is 10.1 Å². The molecule has 0 aromatic carbocycles. The van der Waals surface area contributed by atoms with Crippen molar-refractivity contribution >= 4 is 28.2 Å². The number of nitrogens with one attached hydrogen (secondary N) is 2. The number of carbonyl (C=O) groups is 2. The summed E-state index contributed by atoms with van der Waals surface area (Å²) in [5.74, 6) is -0.651. The summed E-state index contributed by atoms with van der Waals surface area (Å²) in [5, 5.41) is 17.2. The van der Waals surface area contributed by atoms with Crippen LogP contribution in [0.2, 0.25) is 0 Å². The van der Waals surface area contributed by atoms with E-state index >= 15 is 0 Å². The first-order chi connectivity index (χ1) is 9.08. The zero-order valence-electron chi connectivity index (χ0n) is 10.0. The van der Waals surface area contributed by atoms with Gasteiger partial charge in [0.15, 0.2) is 0 Å². The minimum atomic E-state index is -0.561. The van der Waals surface area contributed by atoms with Crippen molar-refractivity contribution in [1.29, 1.82) is 0 Å². The Hall–Kier alpha value is -1.96. The smallest absolute Gasteiger partial charge is 0.324 e. The van der Waals surface area contributed by atoms with Crippen LogP contribution in [0.25, 0.3) is 0 Å². The summed E-state index contributed by atoms with van der Waals surface area (Å²) in [5.41, 5.74) is 0.216. The average Bonchev–Trinajstić information content (AvgIpc) is 2.78. The molecule has 0 spiro atoms. The van der Waals surface area contributed by atoms with Gasteiger partial charge in [-0.25, -0.2) is 0 Å². The van der Waals surface area contributed by atoms with Crippen molar-refractivity contribution in [2.75, 3.05) is 6.54 Å². The first-order valence-electron chi connectivity index (χ1n) is 5.89. The third kappa shape index (κ3) is 3.28. The summed E-state index contributed by atoms with van der Waals surface area (Å²) < 4.78 is 0.